The van der Waals surface area contributed by atoms with Gasteiger partial charge in [0.15, 0.2) is 0 Å². The van der Waals surface area contributed by atoms with Crippen LogP contribution in [0.3, 0.4) is 0 Å². The molecule has 2 nitrogen and oxygen atoms in total. The van der Waals surface area contributed by atoms with Gasteiger partial charge in [0.25, 0.3) is 0 Å². The molecule has 1 aromatic carbocycles. The Hall–Kier alpha value is -1.02. The molecule has 2 atom stereocenters. The van der Waals surface area contributed by atoms with Gasteiger partial charge in [-0.3, -0.25) is 0 Å². The lowest BCUT2D eigenvalue weighted by Crippen LogP contribution is -2.44. The molecule has 1 N–H and O–H groups in total. The summed E-state index contributed by atoms with van der Waals surface area (Å²) in [6.45, 7) is 10.0. The van der Waals surface area contributed by atoms with Crippen LogP contribution in [0.15, 0.2) is 12.1 Å². The largest absolute Gasteiger partial charge is 0.496 e. The van der Waals surface area contributed by atoms with E-state index in [-0.39, 0.29) is 0 Å². The van der Waals surface area contributed by atoms with Crippen LogP contribution in [-0.2, 0) is 0 Å². The highest BCUT2D eigenvalue weighted by molar-refractivity contribution is 5.45. The summed E-state index contributed by atoms with van der Waals surface area (Å²) in [6.07, 6.45) is 0. The smallest absolute Gasteiger partial charge is 0.122 e. The Balaban J connectivity index is 2.42. The Morgan fingerprint density at radius 3 is 2.47 bits per heavy atom. The van der Waals surface area contributed by atoms with Gasteiger partial charge in [-0.25, -0.2) is 0 Å². The van der Waals surface area contributed by atoms with Gasteiger partial charge in [0.05, 0.1) is 7.11 Å². The second kappa shape index (κ2) is 4.69. The van der Waals surface area contributed by atoms with E-state index in [4.69, 9.17) is 4.74 Å². The van der Waals surface area contributed by atoms with Crippen LogP contribution in [0, 0.1) is 12.8 Å². The zero-order chi connectivity index (χ0) is 12.6. The average Bonchev–Trinajstić information content (AvgIpc) is 2.28. The molecule has 2 heteroatoms. The molecule has 17 heavy (non-hydrogen) atoms. The van der Waals surface area contributed by atoms with Crippen LogP contribution >= 0.6 is 0 Å². The van der Waals surface area contributed by atoms with Crippen molar-refractivity contribution < 1.29 is 4.74 Å². The summed E-state index contributed by atoms with van der Waals surface area (Å²) in [7, 11) is 1.75. The lowest BCUT2D eigenvalue weighted by atomic mass is 9.83. The standard InChI is InChI=1S/C15H23NO/c1-9(2)12-7-13(15-11(4)8-16-15)10(3)6-14(12)17-5/h6-7,9,11,15-16H,8H2,1-5H3. The zero-order valence-electron chi connectivity index (χ0n) is 11.5. The zero-order valence-corrected chi connectivity index (χ0v) is 11.5. The van der Waals surface area contributed by atoms with Crippen LogP contribution in [0.5, 0.6) is 5.75 Å². The summed E-state index contributed by atoms with van der Waals surface area (Å²) in [5.41, 5.74) is 4.08. The molecular formula is C15H23NO. The lowest BCUT2D eigenvalue weighted by molar-refractivity contribution is 0.257. The molecule has 2 rings (SSSR count). The second-order valence-electron chi connectivity index (χ2n) is 5.47. The summed E-state index contributed by atoms with van der Waals surface area (Å²) in [5.74, 6) is 2.26. The van der Waals surface area contributed by atoms with Crippen molar-refractivity contribution in [3.63, 3.8) is 0 Å². The SMILES string of the molecule is COc1cc(C)c(C2NCC2C)cc1C(C)C. The van der Waals surface area contributed by atoms with E-state index in [1.165, 1.54) is 16.7 Å². The molecule has 1 aromatic rings. The van der Waals surface area contributed by atoms with E-state index in [0.717, 1.165) is 18.2 Å². The molecule has 0 bridgehead atoms. The summed E-state index contributed by atoms with van der Waals surface area (Å²) < 4.78 is 5.48. The number of hydrogen-bond acceptors (Lipinski definition) is 2. The molecule has 1 saturated heterocycles. The predicted molar refractivity (Wildman–Crippen MR) is 71.7 cm³/mol. The number of rotatable bonds is 3. The second-order valence-corrected chi connectivity index (χ2v) is 5.47. The maximum Gasteiger partial charge on any atom is 0.122 e. The predicted octanol–water partition coefficient (Wildman–Crippen LogP) is 3.41. The molecule has 2 unspecified atom stereocenters. The van der Waals surface area contributed by atoms with Gasteiger partial charge in [-0.2, -0.15) is 0 Å². The van der Waals surface area contributed by atoms with Gasteiger partial charge in [-0.1, -0.05) is 26.8 Å². The molecule has 0 radical (unpaired) electrons. The highest BCUT2D eigenvalue weighted by atomic mass is 16.5. The van der Waals surface area contributed by atoms with E-state index in [1.807, 2.05) is 0 Å². The molecule has 0 aliphatic carbocycles. The van der Waals surface area contributed by atoms with Crippen molar-refractivity contribution in [3.8, 4) is 5.75 Å². The molecule has 0 spiro atoms. The Bertz CT molecular complexity index is 412. The number of methoxy groups -OCH3 is 1. The Kier molecular flexibility index (Phi) is 3.43. The third-order valence-electron chi connectivity index (χ3n) is 3.80. The lowest BCUT2D eigenvalue weighted by Gasteiger charge is -2.37. The van der Waals surface area contributed by atoms with Crippen LogP contribution in [0.1, 0.15) is 49.4 Å². The van der Waals surface area contributed by atoms with Gasteiger partial charge in [-0.05, 0) is 41.5 Å². The maximum atomic E-state index is 5.48. The van der Waals surface area contributed by atoms with Crippen LogP contribution in [0.4, 0.5) is 0 Å². The number of aryl methyl sites for hydroxylation is 1. The molecule has 0 aromatic heterocycles. The van der Waals surface area contributed by atoms with Crippen molar-refractivity contribution in [2.24, 2.45) is 5.92 Å². The van der Waals surface area contributed by atoms with E-state index in [0.29, 0.717) is 12.0 Å². The average molecular weight is 233 g/mol. The fraction of sp³-hybridized carbons (Fsp3) is 0.600. The first kappa shape index (κ1) is 12.4. The summed E-state index contributed by atoms with van der Waals surface area (Å²) >= 11 is 0. The van der Waals surface area contributed by atoms with Crippen molar-refractivity contribution in [2.75, 3.05) is 13.7 Å². The minimum atomic E-state index is 0.500. The first-order valence-electron chi connectivity index (χ1n) is 6.46. The summed E-state index contributed by atoms with van der Waals surface area (Å²) in [5, 5.41) is 3.52. The Morgan fingerprint density at radius 2 is 2.06 bits per heavy atom. The van der Waals surface area contributed by atoms with E-state index in [2.05, 4.69) is 45.1 Å². The summed E-state index contributed by atoms with van der Waals surface area (Å²) in [6, 6.07) is 5.03. The van der Waals surface area contributed by atoms with E-state index in [9.17, 15) is 0 Å². The first-order valence-corrected chi connectivity index (χ1v) is 6.46. The van der Waals surface area contributed by atoms with Crippen LogP contribution in [0.25, 0.3) is 0 Å². The quantitative estimate of drug-likeness (QED) is 0.864. The number of nitrogens with one attached hydrogen (secondary N) is 1. The van der Waals surface area contributed by atoms with Gasteiger partial charge in [-0.15, -0.1) is 0 Å². The monoisotopic (exact) mass is 233 g/mol. The third-order valence-corrected chi connectivity index (χ3v) is 3.80. The van der Waals surface area contributed by atoms with Gasteiger partial charge in [0.2, 0.25) is 0 Å². The molecule has 94 valence electrons. The molecule has 1 fully saturated rings. The number of ether oxygens (including phenoxy) is 1. The molecule has 0 amide bonds. The normalized spacial score (nSPS) is 23.6. The van der Waals surface area contributed by atoms with Crippen molar-refractivity contribution >= 4 is 0 Å². The fourth-order valence-electron chi connectivity index (χ4n) is 2.57. The van der Waals surface area contributed by atoms with Crippen LogP contribution in [0.2, 0.25) is 0 Å². The van der Waals surface area contributed by atoms with Gasteiger partial charge < -0.3 is 10.1 Å². The minimum Gasteiger partial charge on any atom is -0.496 e. The maximum absolute atomic E-state index is 5.48. The van der Waals surface area contributed by atoms with Crippen molar-refractivity contribution in [1.29, 1.82) is 0 Å². The molecular weight excluding hydrogens is 210 g/mol. The topological polar surface area (TPSA) is 21.3 Å². The molecule has 0 saturated carbocycles. The molecule has 1 aliphatic heterocycles. The van der Waals surface area contributed by atoms with E-state index in [1.54, 1.807) is 7.11 Å². The van der Waals surface area contributed by atoms with Gasteiger partial charge in [0.1, 0.15) is 5.75 Å². The van der Waals surface area contributed by atoms with Crippen LogP contribution < -0.4 is 10.1 Å². The van der Waals surface area contributed by atoms with Crippen LogP contribution in [-0.4, -0.2) is 13.7 Å². The third kappa shape index (κ3) is 2.19. The van der Waals surface area contributed by atoms with Crippen molar-refractivity contribution in [2.45, 2.75) is 39.7 Å². The van der Waals surface area contributed by atoms with Crippen molar-refractivity contribution in [1.82, 2.24) is 5.32 Å². The van der Waals surface area contributed by atoms with Gasteiger partial charge in [0, 0.05) is 12.6 Å². The van der Waals surface area contributed by atoms with E-state index < -0.39 is 0 Å². The highest BCUT2D eigenvalue weighted by Crippen LogP contribution is 2.36. The molecule has 1 aliphatic rings. The van der Waals surface area contributed by atoms with Crippen molar-refractivity contribution in [3.05, 3.63) is 28.8 Å². The first-order chi connectivity index (χ1) is 8.04. The number of hydrogen-bond donors (Lipinski definition) is 1. The Morgan fingerprint density at radius 1 is 1.35 bits per heavy atom. The number of benzene rings is 1. The highest BCUT2D eigenvalue weighted by Gasteiger charge is 2.29. The minimum absolute atomic E-state index is 0.500. The van der Waals surface area contributed by atoms with E-state index >= 15 is 0 Å². The fourth-order valence-corrected chi connectivity index (χ4v) is 2.57. The molecule has 1 heterocycles. The van der Waals surface area contributed by atoms with Gasteiger partial charge >= 0.3 is 0 Å². The Labute approximate surface area is 104 Å². The summed E-state index contributed by atoms with van der Waals surface area (Å²) in [4.78, 5) is 0.